The minimum atomic E-state index is -0.0744. The third-order valence-electron chi connectivity index (χ3n) is 6.42. The van der Waals surface area contributed by atoms with Crippen LogP contribution in [0, 0.1) is 0 Å². The first-order valence-corrected chi connectivity index (χ1v) is 11.2. The minimum Gasteiger partial charge on any atom is -0.367 e. The number of hydrogen-bond donors (Lipinski definition) is 2. The average Bonchev–Trinajstić information content (AvgIpc) is 3.50. The molecular weight excluding hydrogens is 404 g/mol. The number of pyridine rings is 2. The number of anilines is 3. The van der Waals surface area contributed by atoms with Gasteiger partial charge in [-0.25, -0.2) is 9.97 Å². The fraction of sp³-hybridized carbons (Fsp3) is 0.391. The van der Waals surface area contributed by atoms with Crippen LogP contribution in [-0.2, 0) is 6.54 Å². The molecule has 3 aliphatic rings. The van der Waals surface area contributed by atoms with Crippen LogP contribution in [0.3, 0.4) is 0 Å². The number of aromatic nitrogens is 5. The molecule has 2 fully saturated rings. The van der Waals surface area contributed by atoms with Gasteiger partial charge in [0.2, 0.25) is 5.95 Å². The number of fused-ring (bicyclic) bond motifs is 1. The van der Waals surface area contributed by atoms with E-state index in [0.29, 0.717) is 36.2 Å². The van der Waals surface area contributed by atoms with Crippen molar-refractivity contribution >= 4 is 23.4 Å². The molecular formula is C23H24N8O. The van der Waals surface area contributed by atoms with Crippen LogP contribution in [0.2, 0.25) is 0 Å². The zero-order valence-corrected chi connectivity index (χ0v) is 17.6. The van der Waals surface area contributed by atoms with Crippen molar-refractivity contribution in [1.29, 1.82) is 0 Å². The van der Waals surface area contributed by atoms with E-state index >= 15 is 0 Å². The lowest BCUT2D eigenvalue weighted by Crippen LogP contribution is -2.24. The van der Waals surface area contributed by atoms with E-state index in [0.717, 1.165) is 42.0 Å². The Morgan fingerprint density at radius 3 is 2.50 bits per heavy atom. The van der Waals surface area contributed by atoms with Gasteiger partial charge < -0.3 is 15.5 Å². The van der Waals surface area contributed by atoms with Gasteiger partial charge in [0.25, 0.3) is 5.91 Å². The highest BCUT2D eigenvalue weighted by atomic mass is 16.2. The summed E-state index contributed by atoms with van der Waals surface area (Å²) in [4.78, 5) is 27.5. The molecule has 0 saturated heterocycles. The van der Waals surface area contributed by atoms with Crippen molar-refractivity contribution < 1.29 is 4.79 Å². The fourth-order valence-electron chi connectivity index (χ4n) is 4.52. The first kappa shape index (κ1) is 19.1. The fourth-order valence-corrected chi connectivity index (χ4v) is 4.52. The van der Waals surface area contributed by atoms with E-state index in [9.17, 15) is 4.79 Å². The molecule has 2 saturated carbocycles. The lowest BCUT2D eigenvalue weighted by atomic mass is 10.2. The molecule has 0 aromatic carbocycles. The van der Waals surface area contributed by atoms with Crippen LogP contribution in [-0.4, -0.2) is 43.1 Å². The van der Waals surface area contributed by atoms with Gasteiger partial charge in [0.1, 0.15) is 11.5 Å². The Kier molecular flexibility index (Phi) is 4.66. The Bertz CT molecular complexity index is 1130. The van der Waals surface area contributed by atoms with Crippen LogP contribution >= 0.6 is 0 Å². The van der Waals surface area contributed by atoms with Crippen molar-refractivity contribution in [1.82, 2.24) is 25.1 Å². The third kappa shape index (κ3) is 3.74. The SMILES string of the molecule is O=C1c2ncccc2CN1c1ccc(N[C@H]2CC[C@H](Nc3ncc(C4CC4)nn3)C2)nc1. The molecule has 3 aromatic rings. The van der Waals surface area contributed by atoms with Gasteiger partial charge in [0.05, 0.1) is 30.3 Å². The molecule has 6 rings (SSSR count). The summed E-state index contributed by atoms with van der Waals surface area (Å²) in [5.41, 5.74) is 3.27. The Labute approximate surface area is 185 Å². The second-order valence-electron chi connectivity index (χ2n) is 8.78. The van der Waals surface area contributed by atoms with Crippen molar-refractivity contribution in [2.24, 2.45) is 0 Å². The summed E-state index contributed by atoms with van der Waals surface area (Å²) in [6, 6.07) is 8.31. The zero-order valence-electron chi connectivity index (χ0n) is 17.6. The topological polar surface area (TPSA) is 109 Å². The highest BCUT2D eigenvalue weighted by Gasteiger charge is 2.30. The van der Waals surface area contributed by atoms with Gasteiger partial charge in [0, 0.05) is 29.8 Å². The van der Waals surface area contributed by atoms with Gasteiger partial charge in [-0.1, -0.05) is 6.07 Å². The van der Waals surface area contributed by atoms with E-state index in [4.69, 9.17) is 0 Å². The molecule has 32 heavy (non-hydrogen) atoms. The number of nitrogens with zero attached hydrogens (tertiary/aromatic N) is 6. The molecule has 0 bridgehead atoms. The molecule has 9 heteroatoms. The lowest BCUT2D eigenvalue weighted by Gasteiger charge is -2.17. The summed E-state index contributed by atoms with van der Waals surface area (Å²) in [6.45, 7) is 0.533. The van der Waals surface area contributed by atoms with E-state index in [-0.39, 0.29) is 5.91 Å². The number of hydrogen-bond acceptors (Lipinski definition) is 8. The van der Waals surface area contributed by atoms with Crippen molar-refractivity contribution in [2.45, 2.75) is 56.7 Å². The predicted octanol–water partition coefficient (Wildman–Crippen LogP) is 3.14. The first-order valence-electron chi connectivity index (χ1n) is 11.2. The number of carbonyl (C=O) groups is 1. The molecule has 4 heterocycles. The third-order valence-corrected chi connectivity index (χ3v) is 6.42. The van der Waals surface area contributed by atoms with Crippen molar-refractivity contribution in [3.05, 3.63) is 59.8 Å². The van der Waals surface area contributed by atoms with Crippen LogP contribution in [0.1, 0.15) is 59.8 Å². The van der Waals surface area contributed by atoms with Gasteiger partial charge in [-0.15, -0.1) is 10.2 Å². The second-order valence-corrected chi connectivity index (χ2v) is 8.78. The minimum absolute atomic E-state index is 0.0744. The van der Waals surface area contributed by atoms with Crippen LogP contribution in [0.4, 0.5) is 17.5 Å². The van der Waals surface area contributed by atoms with Crippen LogP contribution in [0.25, 0.3) is 0 Å². The van der Waals surface area contributed by atoms with E-state index < -0.39 is 0 Å². The Morgan fingerprint density at radius 1 is 0.906 bits per heavy atom. The van der Waals surface area contributed by atoms with Crippen LogP contribution in [0.15, 0.2) is 42.9 Å². The maximum absolute atomic E-state index is 12.6. The molecule has 0 spiro atoms. The van der Waals surface area contributed by atoms with E-state index in [1.807, 2.05) is 30.5 Å². The Morgan fingerprint density at radius 2 is 1.78 bits per heavy atom. The summed E-state index contributed by atoms with van der Waals surface area (Å²) in [7, 11) is 0. The van der Waals surface area contributed by atoms with Gasteiger partial charge in [-0.2, -0.15) is 0 Å². The molecule has 0 unspecified atom stereocenters. The van der Waals surface area contributed by atoms with Crippen LogP contribution < -0.4 is 15.5 Å². The summed E-state index contributed by atoms with van der Waals surface area (Å²) in [6.07, 6.45) is 10.7. The molecule has 162 valence electrons. The van der Waals surface area contributed by atoms with E-state index in [1.165, 1.54) is 12.8 Å². The first-order chi connectivity index (χ1) is 15.7. The highest BCUT2D eigenvalue weighted by molar-refractivity contribution is 6.08. The summed E-state index contributed by atoms with van der Waals surface area (Å²) < 4.78 is 0. The molecule has 3 aromatic heterocycles. The van der Waals surface area contributed by atoms with Gasteiger partial charge in [-0.05, 0) is 50.3 Å². The summed E-state index contributed by atoms with van der Waals surface area (Å²) in [5, 5.41) is 15.5. The standard InChI is InChI=1S/C23H24N8O/c32-22-21-15(2-1-9-24-21)13-31(22)18-7-8-20(25-11-18)27-16-5-6-17(10-16)28-23-26-12-19(29-30-23)14-3-4-14/h1-2,7-9,11-12,14,16-17H,3-6,10,13H2,(H,25,27)(H,26,28,30)/t16-,17-/m0/s1. The Balaban J connectivity index is 1.04. The smallest absolute Gasteiger partial charge is 0.277 e. The zero-order chi connectivity index (χ0) is 21.5. The number of carbonyl (C=O) groups excluding carboxylic acids is 1. The van der Waals surface area contributed by atoms with Crippen molar-refractivity contribution in [3.8, 4) is 0 Å². The maximum atomic E-state index is 12.6. The lowest BCUT2D eigenvalue weighted by molar-refractivity contribution is 0.0992. The molecule has 1 aliphatic heterocycles. The van der Waals surface area contributed by atoms with Crippen molar-refractivity contribution in [3.63, 3.8) is 0 Å². The van der Waals surface area contributed by atoms with Crippen molar-refractivity contribution in [2.75, 3.05) is 15.5 Å². The Hall–Kier alpha value is -3.62. The molecule has 2 aliphatic carbocycles. The van der Waals surface area contributed by atoms with Crippen LogP contribution in [0.5, 0.6) is 0 Å². The molecule has 2 atom stereocenters. The molecule has 2 N–H and O–H groups in total. The number of nitrogens with one attached hydrogen (secondary N) is 2. The summed E-state index contributed by atoms with van der Waals surface area (Å²) >= 11 is 0. The highest BCUT2D eigenvalue weighted by Crippen LogP contribution is 2.38. The largest absolute Gasteiger partial charge is 0.367 e. The quantitative estimate of drug-likeness (QED) is 0.616. The van der Waals surface area contributed by atoms with Gasteiger partial charge in [-0.3, -0.25) is 9.78 Å². The second kappa shape index (κ2) is 7.81. The predicted molar refractivity (Wildman–Crippen MR) is 119 cm³/mol. The van der Waals surface area contributed by atoms with Gasteiger partial charge >= 0.3 is 0 Å². The number of rotatable bonds is 6. The normalized spacial score (nSPS) is 22.1. The average molecular weight is 429 g/mol. The van der Waals surface area contributed by atoms with E-state index in [2.05, 4.69) is 35.8 Å². The monoisotopic (exact) mass is 428 g/mol. The molecule has 1 amide bonds. The molecule has 9 nitrogen and oxygen atoms in total. The number of amides is 1. The van der Waals surface area contributed by atoms with E-state index in [1.54, 1.807) is 17.3 Å². The maximum Gasteiger partial charge on any atom is 0.277 e. The summed E-state index contributed by atoms with van der Waals surface area (Å²) in [5.74, 6) is 1.91. The molecule has 0 radical (unpaired) electrons. The van der Waals surface area contributed by atoms with Gasteiger partial charge in [0.15, 0.2) is 0 Å².